The normalized spacial score (nSPS) is 11.8. The molecule has 0 saturated carbocycles. The van der Waals surface area contributed by atoms with E-state index in [1.165, 1.54) is 0 Å². The molecule has 14 heavy (non-hydrogen) atoms. The van der Waals surface area contributed by atoms with Crippen molar-refractivity contribution in [3.8, 4) is 0 Å². The predicted molar refractivity (Wildman–Crippen MR) is 42.0 cm³/mol. The highest BCUT2D eigenvalue weighted by atomic mass is 19.4. The van der Waals surface area contributed by atoms with Crippen molar-refractivity contribution in [1.29, 1.82) is 0 Å². The molecule has 1 aromatic heterocycles. The van der Waals surface area contributed by atoms with Gasteiger partial charge in [0.2, 0.25) is 5.95 Å². The fourth-order valence-electron chi connectivity index (χ4n) is 0.991. The second kappa shape index (κ2) is 3.91. The van der Waals surface area contributed by atoms with Crippen molar-refractivity contribution in [3.05, 3.63) is 29.3 Å². The summed E-state index contributed by atoms with van der Waals surface area (Å²) >= 11 is 0. The number of hydrogen-bond acceptors (Lipinski definition) is 2. The molecule has 0 aliphatic carbocycles. The van der Waals surface area contributed by atoms with Gasteiger partial charge in [0.1, 0.15) is 0 Å². The summed E-state index contributed by atoms with van der Waals surface area (Å²) in [5.41, 5.74) is 4.11. The number of alkyl halides is 3. The molecule has 0 aromatic carbocycles. The fourth-order valence-corrected chi connectivity index (χ4v) is 0.991. The van der Waals surface area contributed by atoms with Crippen LogP contribution in [0.15, 0.2) is 12.1 Å². The van der Waals surface area contributed by atoms with Crippen molar-refractivity contribution in [2.24, 2.45) is 5.73 Å². The van der Waals surface area contributed by atoms with Crippen LogP contribution in [-0.4, -0.2) is 11.5 Å². The molecule has 0 bridgehead atoms. The van der Waals surface area contributed by atoms with Gasteiger partial charge in [0.15, 0.2) is 0 Å². The van der Waals surface area contributed by atoms with E-state index in [0.29, 0.717) is 6.07 Å². The molecular weight excluding hydrogens is 200 g/mol. The van der Waals surface area contributed by atoms with Crippen LogP contribution in [0.2, 0.25) is 0 Å². The number of nitrogens with zero attached hydrogens (tertiary/aromatic N) is 1. The van der Waals surface area contributed by atoms with Gasteiger partial charge in [-0.05, 0) is 12.6 Å². The summed E-state index contributed by atoms with van der Waals surface area (Å²) in [6.45, 7) is 0.133. The summed E-state index contributed by atoms with van der Waals surface area (Å²) in [6.07, 6.45) is -4.42. The van der Waals surface area contributed by atoms with Crippen molar-refractivity contribution in [1.82, 2.24) is 4.98 Å². The Morgan fingerprint density at radius 1 is 1.29 bits per heavy atom. The highest BCUT2D eigenvalue weighted by Crippen LogP contribution is 2.29. The number of pyridine rings is 1. The van der Waals surface area contributed by atoms with Crippen LogP contribution in [0.1, 0.15) is 11.3 Å². The second-order valence-electron chi connectivity index (χ2n) is 2.71. The van der Waals surface area contributed by atoms with E-state index in [2.05, 4.69) is 4.98 Å². The SMILES string of the molecule is NCCc1cc(C(F)(F)F)cc(F)n1. The molecule has 0 unspecified atom stereocenters. The summed E-state index contributed by atoms with van der Waals surface area (Å²) in [6, 6.07) is 1.16. The topological polar surface area (TPSA) is 38.9 Å². The third kappa shape index (κ3) is 2.66. The Bertz CT molecular complexity index is 322. The van der Waals surface area contributed by atoms with Crippen LogP contribution in [0.4, 0.5) is 17.6 Å². The quantitative estimate of drug-likeness (QED) is 0.594. The van der Waals surface area contributed by atoms with Crippen molar-refractivity contribution >= 4 is 0 Å². The average molecular weight is 208 g/mol. The summed E-state index contributed by atoms with van der Waals surface area (Å²) in [7, 11) is 0. The minimum Gasteiger partial charge on any atom is -0.330 e. The Morgan fingerprint density at radius 2 is 1.93 bits per heavy atom. The van der Waals surface area contributed by atoms with Crippen LogP contribution in [0.5, 0.6) is 0 Å². The van der Waals surface area contributed by atoms with Gasteiger partial charge in [-0.25, -0.2) is 4.98 Å². The van der Waals surface area contributed by atoms with Gasteiger partial charge in [0.25, 0.3) is 0 Å². The van der Waals surface area contributed by atoms with Gasteiger partial charge in [-0.15, -0.1) is 0 Å². The van der Waals surface area contributed by atoms with E-state index in [4.69, 9.17) is 5.73 Å². The maximum atomic E-state index is 12.6. The van der Waals surface area contributed by atoms with Crippen LogP contribution < -0.4 is 5.73 Å². The van der Waals surface area contributed by atoms with Crippen LogP contribution >= 0.6 is 0 Å². The largest absolute Gasteiger partial charge is 0.416 e. The molecule has 6 heteroatoms. The number of aromatic nitrogens is 1. The Balaban J connectivity index is 3.07. The van der Waals surface area contributed by atoms with Crippen LogP contribution in [0, 0.1) is 5.95 Å². The fraction of sp³-hybridized carbons (Fsp3) is 0.375. The minimum absolute atomic E-state index is 0.0137. The lowest BCUT2D eigenvalue weighted by atomic mass is 10.2. The molecule has 1 aromatic rings. The van der Waals surface area contributed by atoms with Crippen molar-refractivity contribution in [3.63, 3.8) is 0 Å². The third-order valence-corrected chi connectivity index (χ3v) is 1.57. The van der Waals surface area contributed by atoms with Crippen LogP contribution in [-0.2, 0) is 12.6 Å². The standard InChI is InChI=1S/C8H8F4N2/c9-7-4-5(8(10,11)12)3-6(14-7)1-2-13/h3-4H,1-2,13H2. The molecule has 0 aliphatic heterocycles. The molecule has 0 saturated heterocycles. The first kappa shape index (κ1) is 10.9. The van der Waals surface area contributed by atoms with Crippen molar-refractivity contribution in [2.75, 3.05) is 6.54 Å². The third-order valence-electron chi connectivity index (χ3n) is 1.57. The average Bonchev–Trinajstić information content (AvgIpc) is 2.02. The van der Waals surface area contributed by atoms with Crippen LogP contribution in [0.3, 0.4) is 0 Å². The van der Waals surface area contributed by atoms with E-state index >= 15 is 0 Å². The van der Waals surface area contributed by atoms with E-state index in [1.807, 2.05) is 0 Å². The van der Waals surface area contributed by atoms with Gasteiger partial charge in [-0.1, -0.05) is 0 Å². The monoisotopic (exact) mass is 208 g/mol. The zero-order valence-corrected chi connectivity index (χ0v) is 7.11. The Hall–Kier alpha value is -1.17. The molecule has 78 valence electrons. The maximum absolute atomic E-state index is 12.6. The molecule has 1 heterocycles. The van der Waals surface area contributed by atoms with E-state index in [0.717, 1.165) is 6.07 Å². The summed E-state index contributed by atoms with van der Waals surface area (Å²) < 4.78 is 49.1. The second-order valence-corrected chi connectivity index (χ2v) is 2.71. The first-order valence-corrected chi connectivity index (χ1v) is 3.87. The van der Waals surface area contributed by atoms with Crippen molar-refractivity contribution in [2.45, 2.75) is 12.6 Å². The van der Waals surface area contributed by atoms with Gasteiger partial charge in [0, 0.05) is 18.2 Å². The lowest BCUT2D eigenvalue weighted by Crippen LogP contribution is -2.10. The van der Waals surface area contributed by atoms with Crippen molar-refractivity contribution < 1.29 is 17.6 Å². The molecule has 0 atom stereocenters. The molecule has 0 amide bonds. The molecule has 0 fully saturated rings. The molecule has 1 rings (SSSR count). The lowest BCUT2D eigenvalue weighted by Gasteiger charge is -2.07. The van der Waals surface area contributed by atoms with E-state index in [9.17, 15) is 17.6 Å². The van der Waals surface area contributed by atoms with E-state index in [-0.39, 0.29) is 18.7 Å². The van der Waals surface area contributed by atoms with E-state index < -0.39 is 17.7 Å². The minimum atomic E-state index is -4.55. The van der Waals surface area contributed by atoms with Gasteiger partial charge >= 0.3 is 6.18 Å². The van der Waals surface area contributed by atoms with Gasteiger partial charge in [-0.3, -0.25) is 0 Å². The number of rotatable bonds is 2. The van der Waals surface area contributed by atoms with Crippen LogP contribution in [0.25, 0.3) is 0 Å². The smallest absolute Gasteiger partial charge is 0.330 e. The number of hydrogen-bond donors (Lipinski definition) is 1. The Morgan fingerprint density at radius 3 is 2.43 bits per heavy atom. The molecular formula is C8H8F4N2. The van der Waals surface area contributed by atoms with Gasteiger partial charge in [-0.2, -0.15) is 17.6 Å². The molecule has 0 aliphatic rings. The predicted octanol–water partition coefficient (Wildman–Crippen LogP) is 1.74. The highest BCUT2D eigenvalue weighted by molar-refractivity contribution is 5.20. The molecule has 0 spiro atoms. The first-order chi connectivity index (χ1) is 6.43. The molecule has 2 nitrogen and oxygen atoms in total. The molecule has 2 N–H and O–H groups in total. The Kier molecular flexibility index (Phi) is 3.05. The number of halogens is 4. The number of nitrogens with two attached hydrogens (primary N) is 1. The maximum Gasteiger partial charge on any atom is 0.416 e. The Labute approximate surface area is 77.7 Å². The first-order valence-electron chi connectivity index (χ1n) is 3.87. The summed E-state index contributed by atoms with van der Waals surface area (Å²) in [4.78, 5) is 3.29. The van der Waals surface area contributed by atoms with Gasteiger partial charge in [0.05, 0.1) is 5.56 Å². The summed E-state index contributed by atoms with van der Waals surface area (Å²) in [5, 5.41) is 0. The van der Waals surface area contributed by atoms with E-state index in [1.54, 1.807) is 0 Å². The highest BCUT2D eigenvalue weighted by Gasteiger charge is 2.31. The van der Waals surface area contributed by atoms with Gasteiger partial charge < -0.3 is 5.73 Å². The zero-order chi connectivity index (χ0) is 10.8. The lowest BCUT2D eigenvalue weighted by molar-refractivity contribution is -0.137. The summed E-state index contributed by atoms with van der Waals surface area (Å²) in [5.74, 6) is -1.14. The molecule has 0 radical (unpaired) electrons. The zero-order valence-electron chi connectivity index (χ0n) is 7.11.